The van der Waals surface area contributed by atoms with E-state index < -0.39 is 0 Å². The summed E-state index contributed by atoms with van der Waals surface area (Å²) in [6.45, 7) is 0. The molecule has 2 rings (SSSR count). The maximum atomic E-state index is 10.8. The third-order valence-corrected chi connectivity index (χ3v) is 4.62. The molecule has 0 atom stereocenters. The van der Waals surface area contributed by atoms with E-state index in [0.717, 1.165) is 22.6 Å². The molecule has 0 saturated heterocycles. The molecule has 1 heterocycles. The topological polar surface area (TPSA) is 17.1 Å². The van der Waals surface area contributed by atoms with E-state index >= 15 is 0 Å². The Morgan fingerprint density at radius 2 is 2.29 bits per heavy atom. The van der Waals surface area contributed by atoms with Crippen LogP contribution < -0.4 is 0 Å². The summed E-state index contributed by atoms with van der Waals surface area (Å²) in [4.78, 5) is 10.8. The number of fused-ring (bicyclic) bond motifs is 1. The van der Waals surface area contributed by atoms with Gasteiger partial charge in [0, 0.05) is 29.9 Å². The number of thiophene rings is 1. The average molecular weight is 381 g/mol. The van der Waals surface area contributed by atoms with E-state index in [1.54, 1.807) is 11.3 Å². The Morgan fingerprint density at radius 3 is 2.93 bits per heavy atom. The van der Waals surface area contributed by atoms with Crippen molar-refractivity contribution in [3.63, 3.8) is 0 Å². The van der Waals surface area contributed by atoms with Crippen LogP contribution in [0.25, 0.3) is 10.1 Å². The van der Waals surface area contributed by atoms with Gasteiger partial charge in [0.15, 0.2) is 6.29 Å². The minimum atomic E-state index is 0.792. The fourth-order valence-electron chi connectivity index (χ4n) is 1.42. The van der Waals surface area contributed by atoms with Gasteiger partial charge < -0.3 is 0 Å². The Kier molecular flexibility index (Phi) is 3.23. The first kappa shape index (κ1) is 10.6. The minimum absolute atomic E-state index is 0.792. The van der Waals surface area contributed by atoms with Crippen LogP contribution in [-0.4, -0.2) is 6.29 Å². The normalized spacial score (nSPS) is 10.7. The fourth-order valence-corrected chi connectivity index (χ4v) is 4.10. The molecular weight excluding hydrogens is 375 g/mol. The van der Waals surface area contributed by atoms with Gasteiger partial charge in [-0.15, -0.1) is 11.3 Å². The van der Waals surface area contributed by atoms with Gasteiger partial charge in [0.1, 0.15) is 0 Å². The van der Waals surface area contributed by atoms with Crippen LogP contribution in [0, 0.1) is 3.57 Å². The molecule has 1 nitrogen and oxygen atoms in total. The van der Waals surface area contributed by atoms with E-state index in [-0.39, 0.29) is 0 Å². The summed E-state index contributed by atoms with van der Waals surface area (Å²) in [5.74, 6) is 0. The van der Waals surface area contributed by atoms with Crippen LogP contribution in [0.2, 0.25) is 0 Å². The highest BCUT2D eigenvalue weighted by Crippen LogP contribution is 2.32. The molecule has 0 fully saturated rings. The molecule has 4 heteroatoms. The number of halogens is 2. The lowest BCUT2D eigenvalue weighted by Crippen LogP contribution is -1.87. The molecule has 1 aromatic carbocycles. The number of hydrogen-bond acceptors (Lipinski definition) is 2. The largest absolute Gasteiger partial charge is 0.298 e. The number of hydrogen-bond donors (Lipinski definition) is 0. The first-order valence-electron chi connectivity index (χ1n) is 3.97. The predicted octanol–water partition coefficient (Wildman–Crippen LogP) is 4.21. The Morgan fingerprint density at radius 1 is 1.50 bits per heavy atom. The van der Waals surface area contributed by atoms with Crippen LogP contribution in [0.15, 0.2) is 17.5 Å². The first-order valence-corrected chi connectivity index (χ1v) is 7.05. The zero-order valence-corrected chi connectivity index (χ0v) is 11.6. The van der Waals surface area contributed by atoms with Crippen LogP contribution >= 0.6 is 49.9 Å². The fraction of sp³-hybridized carbons (Fsp3) is 0.100. The Balaban J connectivity index is 2.88. The maximum absolute atomic E-state index is 10.8. The Bertz CT molecular complexity index is 492. The second-order valence-corrected chi connectivity index (χ2v) is 5.48. The van der Waals surface area contributed by atoms with Gasteiger partial charge in [0.2, 0.25) is 0 Å². The molecule has 0 bridgehead atoms. The molecule has 0 spiro atoms. The molecule has 0 N–H and O–H groups in total. The van der Waals surface area contributed by atoms with E-state index in [1.807, 2.05) is 5.38 Å². The zero-order chi connectivity index (χ0) is 10.1. The Hall–Kier alpha value is 0.0600. The van der Waals surface area contributed by atoms with Gasteiger partial charge in [-0.25, -0.2) is 0 Å². The molecular formula is C10H6BrIOS. The maximum Gasteiger partial charge on any atom is 0.151 e. The Labute approximate surface area is 108 Å². The van der Waals surface area contributed by atoms with E-state index in [4.69, 9.17) is 0 Å². The van der Waals surface area contributed by atoms with Gasteiger partial charge in [-0.1, -0.05) is 15.9 Å². The van der Waals surface area contributed by atoms with E-state index in [1.165, 1.54) is 13.8 Å². The molecule has 0 amide bonds. The highest BCUT2D eigenvalue weighted by molar-refractivity contribution is 14.1. The molecule has 72 valence electrons. The van der Waals surface area contributed by atoms with Crippen molar-refractivity contribution in [1.82, 2.24) is 0 Å². The van der Waals surface area contributed by atoms with E-state index in [2.05, 4.69) is 50.7 Å². The van der Waals surface area contributed by atoms with Crippen molar-refractivity contribution in [1.29, 1.82) is 0 Å². The second kappa shape index (κ2) is 4.28. The van der Waals surface area contributed by atoms with Crippen LogP contribution in [-0.2, 0) is 5.33 Å². The number of rotatable bonds is 2. The van der Waals surface area contributed by atoms with Gasteiger partial charge in [-0.05, 0) is 40.3 Å². The third-order valence-electron chi connectivity index (χ3n) is 2.08. The number of carbonyl (C=O) groups is 1. The lowest BCUT2D eigenvalue weighted by atomic mass is 10.1. The van der Waals surface area contributed by atoms with Crippen molar-refractivity contribution in [2.75, 3.05) is 0 Å². The molecule has 2 aromatic rings. The predicted molar refractivity (Wildman–Crippen MR) is 72.6 cm³/mol. The summed E-state index contributed by atoms with van der Waals surface area (Å²) in [7, 11) is 0. The van der Waals surface area contributed by atoms with Gasteiger partial charge in [-0.2, -0.15) is 0 Å². The van der Waals surface area contributed by atoms with Crippen LogP contribution in [0.1, 0.15) is 15.9 Å². The number of alkyl halides is 1. The van der Waals surface area contributed by atoms with Crippen molar-refractivity contribution in [2.24, 2.45) is 0 Å². The van der Waals surface area contributed by atoms with Crippen molar-refractivity contribution in [3.8, 4) is 0 Å². The lowest BCUT2D eigenvalue weighted by Gasteiger charge is -2.02. The van der Waals surface area contributed by atoms with Crippen molar-refractivity contribution in [2.45, 2.75) is 5.33 Å². The van der Waals surface area contributed by atoms with Crippen molar-refractivity contribution >= 4 is 66.2 Å². The van der Waals surface area contributed by atoms with Crippen molar-refractivity contribution in [3.05, 3.63) is 32.2 Å². The second-order valence-electron chi connectivity index (χ2n) is 2.84. The summed E-state index contributed by atoms with van der Waals surface area (Å²) in [6, 6.07) is 4.16. The highest BCUT2D eigenvalue weighted by atomic mass is 127. The molecule has 0 saturated carbocycles. The summed E-state index contributed by atoms with van der Waals surface area (Å²) in [5.41, 5.74) is 2.02. The van der Waals surface area contributed by atoms with Gasteiger partial charge in [0.05, 0.1) is 0 Å². The van der Waals surface area contributed by atoms with Crippen LogP contribution in [0.3, 0.4) is 0 Å². The number of carbonyl (C=O) groups excluding carboxylic acids is 1. The molecule has 1 aromatic heterocycles. The standard InChI is InChI=1S/C10H6BrIOS/c11-3-7-8(12)1-2-9-10(7)6(4-13)5-14-9/h1-2,4-5H,3H2. The lowest BCUT2D eigenvalue weighted by molar-refractivity contribution is 0.112. The molecule has 14 heavy (non-hydrogen) atoms. The summed E-state index contributed by atoms with van der Waals surface area (Å²) in [6.07, 6.45) is 0.932. The molecule has 0 aliphatic heterocycles. The smallest absolute Gasteiger partial charge is 0.151 e. The minimum Gasteiger partial charge on any atom is -0.298 e. The average Bonchev–Trinajstić information content (AvgIpc) is 2.61. The highest BCUT2D eigenvalue weighted by Gasteiger charge is 2.10. The van der Waals surface area contributed by atoms with Crippen LogP contribution in [0.4, 0.5) is 0 Å². The summed E-state index contributed by atoms with van der Waals surface area (Å²) < 4.78 is 2.38. The molecule has 0 aliphatic rings. The summed E-state index contributed by atoms with van der Waals surface area (Å²) in [5, 5.41) is 3.81. The quantitative estimate of drug-likeness (QED) is 0.433. The summed E-state index contributed by atoms with van der Waals surface area (Å²) >= 11 is 7.38. The number of benzene rings is 1. The third kappa shape index (κ3) is 1.63. The molecule has 0 unspecified atom stereocenters. The van der Waals surface area contributed by atoms with E-state index in [0.29, 0.717) is 0 Å². The van der Waals surface area contributed by atoms with Crippen molar-refractivity contribution < 1.29 is 4.79 Å². The molecule has 0 aliphatic carbocycles. The van der Waals surface area contributed by atoms with Gasteiger partial charge in [0.25, 0.3) is 0 Å². The number of aldehydes is 1. The van der Waals surface area contributed by atoms with Crippen LogP contribution in [0.5, 0.6) is 0 Å². The zero-order valence-electron chi connectivity index (χ0n) is 7.09. The SMILES string of the molecule is O=Cc1csc2ccc(I)c(CBr)c12. The van der Waals surface area contributed by atoms with E-state index in [9.17, 15) is 4.79 Å². The molecule has 0 radical (unpaired) electrons. The first-order chi connectivity index (χ1) is 6.77. The van der Waals surface area contributed by atoms with Gasteiger partial charge in [-0.3, -0.25) is 4.79 Å². The van der Waals surface area contributed by atoms with Gasteiger partial charge >= 0.3 is 0 Å². The monoisotopic (exact) mass is 380 g/mol.